The van der Waals surface area contributed by atoms with E-state index >= 15 is 0 Å². The van der Waals surface area contributed by atoms with Crippen molar-refractivity contribution in [2.75, 3.05) is 33.2 Å². The molecule has 0 heterocycles. The summed E-state index contributed by atoms with van der Waals surface area (Å²) in [5, 5.41) is 22.6. The first kappa shape index (κ1) is 25.4. The maximum Gasteiger partial charge on any atom is 0.128 e. The molecule has 0 fully saturated rings. The highest BCUT2D eigenvalue weighted by Gasteiger charge is 2.28. The predicted octanol–water partition coefficient (Wildman–Crippen LogP) is -1.49. The number of quaternary nitrogens is 2. The molecule has 0 saturated heterocycles. The van der Waals surface area contributed by atoms with Crippen molar-refractivity contribution < 1.29 is 32.4 Å². The molecular formula is C18H42ClN2O2+. The Kier molecular flexibility index (Phi) is 16.0. The van der Waals surface area contributed by atoms with Crippen LogP contribution in [0.1, 0.15) is 66.2 Å². The van der Waals surface area contributed by atoms with Crippen LogP contribution in [0.3, 0.4) is 0 Å². The van der Waals surface area contributed by atoms with Crippen LogP contribution in [-0.2, 0) is 0 Å². The first-order chi connectivity index (χ1) is 10.4. The van der Waals surface area contributed by atoms with Gasteiger partial charge in [-0.1, -0.05) is 34.1 Å². The van der Waals surface area contributed by atoms with Gasteiger partial charge in [-0.3, -0.25) is 0 Å². The highest BCUT2D eigenvalue weighted by molar-refractivity contribution is 4.57. The topological polar surface area (TPSA) is 57.1 Å². The van der Waals surface area contributed by atoms with E-state index in [0.717, 1.165) is 49.5 Å². The Labute approximate surface area is 150 Å². The van der Waals surface area contributed by atoms with Gasteiger partial charge in [-0.25, -0.2) is 0 Å². The molecule has 0 amide bonds. The van der Waals surface area contributed by atoms with Crippen LogP contribution in [-0.4, -0.2) is 66.2 Å². The van der Waals surface area contributed by atoms with Gasteiger partial charge in [0.1, 0.15) is 38.4 Å². The number of hydrogen-bond donors (Lipinski definition) is 3. The highest BCUT2D eigenvalue weighted by Crippen LogP contribution is 2.09. The Bertz CT molecular complexity index is 255. The first-order valence-corrected chi connectivity index (χ1v) is 9.43. The molecule has 0 saturated carbocycles. The van der Waals surface area contributed by atoms with E-state index < -0.39 is 0 Å². The molecule has 3 unspecified atom stereocenters. The summed E-state index contributed by atoms with van der Waals surface area (Å²) in [7, 11) is 2.18. The Balaban J connectivity index is 0. The van der Waals surface area contributed by atoms with E-state index in [1.807, 2.05) is 13.8 Å². The Hall–Kier alpha value is 0.130. The molecule has 0 aliphatic carbocycles. The summed E-state index contributed by atoms with van der Waals surface area (Å²) in [6.07, 6.45) is 6.13. The van der Waals surface area contributed by atoms with Crippen LogP contribution in [0, 0.1) is 0 Å². The average molecular weight is 354 g/mol. The van der Waals surface area contributed by atoms with E-state index in [1.165, 1.54) is 25.7 Å². The van der Waals surface area contributed by atoms with Gasteiger partial charge >= 0.3 is 0 Å². The van der Waals surface area contributed by atoms with Gasteiger partial charge in [0, 0.05) is 0 Å². The molecule has 0 aromatic rings. The lowest BCUT2D eigenvalue weighted by Crippen LogP contribution is -3.00. The van der Waals surface area contributed by atoms with E-state index in [9.17, 15) is 10.2 Å². The van der Waals surface area contributed by atoms with Crippen molar-refractivity contribution in [2.45, 2.75) is 84.5 Å². The third-order valence-electron chi connectivity index (χ3n) is 4.87. The lowest BCUT2D eigenvalue weighted by Gasteiger charge is -2.37. The van der Waals surface area contributed by atoms with Crippen LogP contribution in [0.2, 0.25) is 0 Å². The van der Waals surface area contributed by atoms with Crippen LogP contribution in [0.25, 0.3) is 0 Å². The summed E-state index contributed by atoms with van der Waals surface area (Å²) >= 11 is 0. The van der Waals surface area contributed by atoms with Crippen molar-refractivity contribution in [3.63, 3.8) is 0 Å². The fraction of sp³-hybridized carbons (Fsp3) is 1.00. The molecule has 142 valence electrons. The van der Waals surface area contributed by atoms with Gasteiger partial charge in [-0.05, 0) is 32.1 Å². The van der Waals surface area contributed by atoms with Gasteiger partial charge in [0.05, 0.1) is 13.1 Å². The second-order valence-corrected chi connectivity index (χ2v) is 7.17. The minimum atomic E-state index is -0.267. The number of hydrogen-bond acceptors (Lipinski definition) is 2. The molecule has 3 atom stereocenters. The van der Waals surface area contributed by atoms with Gasteiger partial charge in [0.25, 0.3) is 0 Å². The fourth-order valence-corrected chi connectivity index (χ4v) is 3.11. The van der Waals surface area contributed by atoms with E-state index in [0.29, 0.717) is 0 Å². The third kappa shape index (κ3) is 12.2. The maximum absolute atomic E-state index is 10.0. The second-order valence-electron chi connectivity index (χ2n) is 7.17. The minimum absolute atomic E-state index is 0. The van der Waals surface area contributed by atoms with Gasteiger partial charge in [0.15, 0.2) is 0 Å². The van der Waals surface area contributed by atoms with Crippen molar-refractivity contribution >= 4 is 0 Å². The first-order valence-electron chi connectivity index (χ1n) is 9.43. The lowest BCUT2D eigenvalue weighted by atomic mass is 10.1. The smallest absolute Gasteiger partial charge is 0.128 e. The number of halogens is 1. The van der Waals surface area contributed by atoms with Crippen LogP contribution in [0.4, 0.5) is 0 Å². The molecule has 5 heteroatoms. The van der Waals surface area contributed by atoms with E-state index in [-0.39, 0.29) is 24.6 Å². The molecule has 0 aromatic carbocycles. The molecule has 4 nitrogen and oxygen atoms in total. The van der Waals surface area contributed by atoms with Crippen molar-refractivity contribution in [3.8, 4) is 0 Å². The van der Waals surface area contributed by atoms with Crippen LogP contribution < -0.4 is 17.7 Å². The summed E-state index contributed by atoms with van der Waals surface area (Å²) in [4.78, 5) is 0. The monoisotopic (exact) mass is 353 g/mol. The average Bonchev–Trinajstić information content (AvgIpc) is 2.50. The van der Waals surface area contributed by atoms with Gasteiger partial charge in [-0.15, -0.1) is 0 Å². The summed E-state index contributed by atoms with van der Waals surface area (Å²) in [6, 6.07) is 0.723. The van der Waals surface area contributed by atoms with E-state index in [1.54, 1.807) is 0 Å². The molecule has 0 radical (unpaired) electrons. The van der Waals surface area contributed by atoms with Gasteiger partial charge < -0.3 is 32.4 Å². The number of rotatable bonds is 14. The molecule has 0 aliphatic heterocycles. The van der Waals surface area contributed by atoms with Crippen molar-refractivity contribution in [3.05, 3.63) is 0 Å². The Morgan fingerprint density at radius 3 is 1.83 bits per heavy atom. The summed E-state index contributed by atoms with van der Waals surface area (Å²) < 4.78 is 0.769. The third-order valence-corrected chi connectivity index (χ3v) is 4.87. The van der Waals surface area contributed by atoms with Crippen molar-refractivity contribution in [1.82, 2.24) is 0 Å². The van der Waals surface area contributed by atoms with E-state index in [4.69, 9.17) is 0 Å². The number of nitrogens with zero attached hydrogens (tertiary/aromatic N) is 1. The van der Waals surface area contributed by atoms with Crippen molar-refractivity contribution in [1.29, 1.82) is 0 Å². The Morgan fingerprint density at radius 2 is 1.43 bits per heavy atom. The molecule has 0 aromatic heterocycles. The lowest BCUT2D eigenvalue weighted by molar-refractivity contribution is -0.927. The molecule has 0 rings (SSSR count). The molecule has 0 spiro atoms. The second kappa shape index (κ2) is 14.5. The van der Waals surface area contributed by atoms with Gasteiger partial charge in [0.2, 0.25) is 0 Å². The molecular weight excluding hydrogens is 312 g/mol. The highest BCUT2D eigenvalue weighted by atomic mass is 35.5. The zero-order chi connectivity index (χ0) is 17.0. The molecule has 23 heavy (non-hydrogen) atoms. The van der Waals surface area contributed by atoms with Gasteiger partial charge in [-0.2, -0.15) is 0 Å². The Morgan fingerprint density at radius 1 is 0.913 bits per heavy atom. The normalized spacial score (nSPS) is 17.9. The quantitative estimate of drug-likeness (QED) is 0.333. The number of unbranched alkanes of at least 4 members (excludes halogenated alkanes) is 1. The number of nitrogens with two attached hydrogens (primary N) is 1. The zero-order valence-electron chi connectivity index (χ0n) is 16.1. The van der Waals surface area contributed by atoms with Crippen LogP contribution >= 0.6 is 0 Å². The SMILES string of the molecule is CCCCC(CC)[NH2+]CC[N+](C)(CC(O)CC)CC(O)CC.[Cl-]. The fourth-order valence-electron chi connectivity index (χ4n) is 3.11. The van der Waals surface area contributed by atoms with Crippen LogP contribution in [0.15, 0.2) is 0 Å². The minimum Gasteiger partial charge on any atom is -1.00 e. The van der Waals surface area contributed by atoms with Crippen LogP contribution in [0.5, 0.6) is 0 Å². The van der Waals surface area contributed by atoms with Crippen molar-refractivity contribution in [2.24, 2.45) is 0 Å². The summed E-state index contributed by atoms with van der Waals surface area (Å²) in [6.45, 7) is 12.1. The molecule has 0 aliphatic rings. The number of likely N-dealkylation sites (N-methyl/N-ethyl adjacent to an activating group) is 1. The molecule has 0 bridgehead atoms. The summed E-state index contributed by atoms with van der Waals surface area (Å²) in [5.41, 5.74) is 0. The maximum atomic E-state index is 10.0. The van der Waals surface area contributed by atoms with E-state index in [2.05, 4.69) is 26.2 Å². The summed E-state index contributed by atoms with van der Waals surface area (Å²) in [5.74, 6) is 0. The largest absolute Gasteiger partial charge is 1.00 e. The number of aliphatic hydroxyl groups excluding tert-OH is 2. The number of aliphatic hydroxyl groups is 2. The standard InChI is InChI=1S/C18H41N2O2.ClH/c1-6-10-11-16(7-2)19-12-13-20(5,14-17(21)8-3)15-18(22)9-4;/h16-19,21-22H,6-15H2,1-5H3;1H/q+1;. The predicted molar refractivity (Wildman–Crippen MR) is 93.8 cm³/mol. The zero-order valence-corrected chi connectivity index (χ0v) is 16.9. The molecule has 4 N–H and O–H groups in total.